The van der Waals surface area contributed by atoms with Crippen LogP contribution in [0.25, 0.3) is 0 Å². The molecule has 0 bridgehead atoms. The average Bonchev–Trinajstić information content (AvgIpc) is 2.64. The summed E-state index contributed by atoms with van der Waals surface area (Å²) in [5, 5.41) is 3.30. The molecular formula is C17H31Cl2N3O4S. The highest BCUT2D eigenvalue weighted by Gasteiger charge is 2.14. The first kappa shape index (κ1) is 26.4. The van der Waals surface area contributed by atoms with Gasteiger partial charge in [-0.3, -0.25) is 0 Å². The largest absolute Gasteiger partial charge is 0.491 e. The number of nitrogens with zero attached hydrogens (tertiary/aromatic N) is 1. The van der Waals surface area contributed by atoms with Crippen molar-refractivity contribution in [3.05, 3.63) is 24.3 Å². The van der Waals surface area contributed by atoms with Gasteiger partial charge in [-0.05, 0) is 44.2 Å². The Morgan fingerprint density at radius 3 is 2.41 bits per heavy atom. The second-order valence-electron chi connectivity index (χ2n) is 5.86. The molecule has 0 spiro atoms. The van der Waals surface area contributed by atoms with Crippen LogP contribution in [0.1, 0.15) is 13.3 Å². The molecule has 158 valence electrons. The van der Waals surface area contributed by atoms with Crippen molar-refractivity contribution in [3.63, 3.8) is 0 Å². The van der Waals surface area contributed by atoms with Crippen molar-refractivity contribution in [1.82, 2.24) is 14.9 Å². The molecule has 0 amide bonds. The maximum absolute atomic E-state index is 12.3. The molecule has 2 N–H and O–H groups in total. The molecule has 1 aliphatic rings. The highest BCUT2D eigenvalue weighted by molar-refractivity contribution is 7.89. The average molecular weight is 444 g/mol. The number of hydrogen-bond donors (Lipinski definition) is 2. The summed E-state index contributed by atoms with van der Waals surface area (Å²) in [6.07, 6.45) is 0.803. The Kier molecular flexibility index (Phi) is 14.1. The van der Waals surface area contributed by atoms with Gasteiger partial charge < -0.3 is 19.7 Å². The zero-order valence-corrected chi connectivity index (χ0v) is 18.1. The Balaban J connectivity index is 0.00000338. The number of hydrogen-bond acceptors (Lipinski definition) is 6. The van der Waals surface area contributed by atoms with Crippen LogP contribution in [0.3, 0.4) is 0 Å². The zero-order chi connectivity index (χ0) is 18.0. The van der Waals surface area contributed by atoms with Gasteiger partial charge in [-0.15, -0.1) is 24.8 Å². The van der Waals surface area contributed by atoms with E-state index in [2.05, 4.69) is 14.9 Å². The van der Waals surface area contributed by atoms with Crippen molar-refractivity contribution in [2.45, 2.75) is 18.2 Å². The second kappa shape index (κ2) is 14.4. The molecule has 0 radical (unpaired) electrons. The first-order chi connectivity index (χ1) is 12.1. The monoisotopic (exact) mass is 443 g/mol. The van der Waals surface area contributed by atoms with E-state index in [1.807, 2.05) is 6.92 Å². The van der Waals surface area contributed by atoms with Crippen LogP contribution in [0.2, 0.25) is 0 Å². The molecule has 0 saturated carbocycles. The van der Waals surface area contributed by atoms with Crippen molar-refractivity contribution in [2.24, 2.45) is 0 Å². The Morgan fingerprint density at radius 1 is 1.11 bits per heavy atom. The molecule has 1 heterocycles. The van der Waals surface area contributed by atoms with Gasteiger partial charge in [0.05, 0.1) is 11.5 Å². The maximum atomic E-state index is 12.3. The number of benzene rings is 1. The Morgan fingerprint density at radius 2 is 1.78 bits per heavy atom. The molecular weight excluding hydrogens is 413 g/mol. The lowest BCUT2D eigenvalue weighted by Crippen LogP contribution is -2.44. The third-order valence-electron chi connectivity index (χ3n) is 3.99. The lowest BCUT2D eigenvalue weighted by Gasteiger charge is -2.27. The molecule has 1 aliphatic heterocycles. The predicted molar refractivity (Wildman–Crippen MR) is 112 cm³/mol. The lowest BCUT2D eigenvalue weighted by atomic mass is 10.3. The van der Waals surface area contributed by atoms with Crippen LogP contribution in [0.15, 0.2) is 29.2 Å². The van der Waals surface area contributed by atoms with E-state index in [-0.39, 0.29) is 29.7 Å². The van der Waals surface area contributed by atoms with Crippen LogP contribution in [0, 0.1) is 0 Å². The second-order valence-corrected chi connectivity index (χ2v) is 7.63. The highest BCUT2D eigenvalue weighted by Crippen LogP contribution is 2.15. The van der Waals surface area contributed by atoms with Gasteiger partial charge in [0, 0.05) is 39.3 Å². The molecule has 1 saturated heterocycles. The third-order valence-corrected chi connectivity index (χ3v) is 5.46. The minimum Gasteiger partial charge on any atom is -0.491 e. The minimum atomic E-state index is -3.47. The lowest BCUT2D eigenvalue weighted by molar-refractivity contribution is 0.110. The van der Waals surface area contributed by atoms with Crippen LogP contribution in [-0.2, 0) is 14.8 Å². The molecule has 10 heteroatoms. The van der Waals surface area contributed by atoms with E-state index in [1.165, 1.54) is 0 Å². The first-order valence-corrected chi connectivity index (χ1v) is 10.3. The summed E-state index contributed by atoms with van der Waals surface area (Å²) in [5.41, 5.74) is 0. The van der Waals surface area contributed by atoms with Crippen LogP contribution < -0.4 is 14.8 Å². The van der Waals surface area contributed by atoms with Crippen molar-refractivity contribution in [3.8, 4) is 5.75 Å². The zero-order valence-electron chi connectivity index (χ0n) is 15.7. The minimum absolute atomic E-state index is 0. The van der Waals surface area contributed by atoms with E-state index in [0.29, 0.717) is 32.1 Å². The summed E-state index contributed by atoms with van der Waals surface area (Å²) in [7, 11) is -3.47. The standard InChI is InChI=1S/C17H29N3O4S.2ClH/c1-2-23-14-15-24-16-4-6-17(7-5-16)25(21,22)19-8-3-11-20-12-9-18-10-13-20;;/h4-7,18-19H,2-3,8-15H2,1H3;2*1H. The smallest absolute Gasteiger partial charge is 0.240 e. The fraction of sp³-hybridized carbons (Fsp3) is 0.647. The van der Waals surface area contributed by atoms with E-state index in [9.17, 15) is 8.42 Å². The van der Waals surface area contributed by atoms with E-state index in [4.69, 9.17) is 9.47 Å². The van der Waals surface area contributed by atoms with E-state index in [0.717, 1.165) is 39.1 Å². The molecule has 0 atom stereocenters. The third kappa shape index (κ3) is 9.94. The van der Waals surface area contributed by atoms with Crippen molar-refractivity contribution in [2.75, 3.05) is 59.1 Å². The molecule has 2 rings (SSSR count). The summed E-state index contributed by atoms with van der Waals surface area (Å²) in [6.45, 7) is 8.97. The van der Waals surface area contributed by atoms with Crippen molar-refractivity contribution < 1.29 is 17.9 Å². The van der Waals surface area contributed by atoms with Gasteiger partial charge in [0.25, 0.3) is 0 Å². The number of nitrogens with one attached hydrogen (secondary N) is 2. The quantitative estimate of drug-likeness (QED) is 0.504. The van der Waals surface area contributed by atoms with Gasteiger partial charge in [-0.1, -0.05) is 0 Å². The number of ether oxygens (including phenoxy) is 2. The summed E-state index contributed by atoms with van der Waals surface area (Å²) < 4.78 is 37.9. The molecule has 0 aliphatic carbocycles. The summed E-state index contributed by atoms with van der Waals surface area (Å²) in [5.74, 6) is 0.636. The van der Waals surface area contributed by atoms with E-state index >= 15 is 0 Å². The van der Waals surface area contributed by atoms with Gasteiger partial charge in [0.15, 0.2) is 0 Å². The van der Waals surface area contributed by atoms with Crippen LogP contribution >= 0.6 is 24.8 Å². The van der Waals surface area contributed by atoms with Gasteiger partial charge in [-0.2, -0.15) is 0 Å². The SMILES string of the molecule is CCOCCOc1ccc(S(=O)(=O)NCCCN2CCNCC2)cc1.Cl.Cl. The number of halogens is 2. The van der Waals surface area contributed by atoms with Crippen LogP contribution in [0.4, 0.5) is 0 Å². The topological polar surface area (TPSA) is 79.9 Å². The molecule has 1 aromatic carbocycles. The van der Waals surface area contributed by atoms with Gasteiger partial charge in [-0.25, -0.2) is 13.1 Å². The highest BCUT2D eigenvalue weighted by atomic mass is 35.5. The molecule has 0 aromatic heterocycles. The van der Waals surface area contributed by atoms with E-state index < -0.39 is 10.0 Å². The molecule has 7 nitrogen and oxygen atoms in total. The Bertz CT molecular complexity index is 597. The molecule has 0 unspecified atom stereocenters. The Labute approximate surface area is 175 Å². The Hall–Kier alpha value is -0.610. The summed E-state index contributed by atoms with van der Waals surface area (Å²) in [4.78, 5) is 2.60. The number of rotatable bonds is 11. The molecule has 1 fully saturated rings. The summed E-state index contributed by atoms with van der Waals surface area (Å²) in [6, 6.07) is 6.46. The van der Waals surface area contributed by atoms with Gasteiger partial charge >= 0.3 is 0 Å². The van der Waals surface area contributed by atoms with Crippen LogP contribution in [-0.4, -0.2) is 72.4 Å². The molecule has 27 heavy (non-hydrogen) atoms. The summed E-state index contributed by atoms with van der Waals surface area (Å²) >= 11 is 0. The normalized spacial score (nSPS) is 14.9. The van der Waals surface area contributed by atoms with Crippen molar-refractivity contribution in [1.29, 1.82) is 0 Å². The van der Waals surface area contributed by atoms with Gasteiger partial charge in [0.1, 0.15) is 12.4 Å². The van der Waals surface area contributed by atoms with E-state index in [1.54, 1.807) is 24.3 Å². The number of sulfonamides is 1. The number of piperazine rings is 1. The molecule has 1 aromatic rings. The fourth-order valence-corrected chi connectivity index (χ4v) is 3.68. The predicted octanol–water partition coefficient (Wildman–Crippen LogP) is 1.52. The first-order valence-electron chi connectivity index (χ1n) is 8.85. The fourth-order valence-electron chi connectivity index (χ4n) is 2.61. The maximum Gasteiger partial charge on any atom is 0.240 e. The van der Waals surface area contributed by atoms with Gasteiger partial charge in [0.2, 0.25) is 10.0 Å². The van der Waals surface area contributed by atoms with Crippen LogP contribution in [0.5, 0.6) is 5.75 Å². The van der Waals surface area contributed by atoms with Crippen molar-refractivity contribution >= 4 is 34.8 Å².